The third kappa shape index (κ3) is 16.3. The number of hydrogen-bond donors (Lipinski definition) is 8. The lowest BCUT2D eigenvalue weighted by Crippen LogP contribution is -2.62. The highest BCUT2D eigenvalue weighted by molar-refractivity contribution is 6.05. The topological polar surface area (TPSA) is 239 Å². The fourth-order valence-corrected chi connectivity index (χ4v) is 10.2. The molecule has 0 unspecified atom stereocenters. The Bertz CT molecular complexity index is 2890. The lowest BCUT2D eigenvalue weighted by Gasteiger charge is -2.41. The molecule has 9 atom stereocenters. The van der Waals surface area contributed by atoms with Crippen LogP contribution in [-0.2, 0) is 41.7 Å². The molecule has 0 saturated carbocycles. The summed E-state index contributed by atoms with van der Waals surface area (Å²) in [4.78, 5) is 115. The van der Waals surface area contributed by atoms with Crippen LogP contribution in [0.1, 0.15) is 138 Å². The van der Waals surface area contributed by atoms with Crippen LogP contribution in [0.15, 0.2) is 103 Å². The van der Waals surface area contributed by atoms with Crippen molar-refractivity contribution in [2.45, 2.75) is 162 Å². The second kappa shape index (κ2) is 27.3. The minimum absolute atomic E-state index is 0.00128. The summed E-state index contributed by atoms with van der Waals surface area (Å²) >= 11 is 0. The molecule has 0 spiro atoms. The number of anilines is 1. The summed E-state index contributed by atoms with van der Waals surface area (Å²) in [6.45, 7) is 20.1. The van der Waals surface area contributed by atoms with Crippen molar-refractivity contribution in [3.63, 3.8) is 0 Å². The molecule has 8 amide bonds. The number of halogens is 1. The maximum atomic E-state index is 14.8. The Labute approximate surface area is 476 Å². The van der Waals surface area contributed by atoms with Crippen molar-refractivity contribution in [2.24, 2.45) is 10.8 Å². The average Bonchev–Trinajstić information content (AvgIpc) is 3.85. The van der Waals surface area contributed by atoms with Crippen LogP contribution in [0, 0.1) is 16.6 Å². The molecule has 8 N–H and O–H groups in total. The maximum Gasteiger partial charge on any atom is 0.255 e. The van der Waals surface area contributed by atoms with Gasteiger partial charge in [0.25, 0.3) is 11.8 Å². The number of fused-ring (bicyclic) bond motifs is 1. The van der Waals surface area contributed by atoms with Gasteiger partial charge < -0.3 is 52.3 Å². The number of carbonyl (C=O) groups is 8. The summed E-state index contributed by atoms with van der Waals surface area (Å²) in [7, 11) is 3.28. The van der Waals surface area contributed by atoms with Crippen molar-refractivity contribution in [2.75, 3.05) is 26.0 Å². The minimum atomic E-state index is -1.04. The molecule has 1 fully saturated rings. The number of hydrogen-bond acceptors (Lipinski definition) is 10. The number of likely N-dealkylation sites (tertiary alicyclic amines) is 1. The number of amides is 8. The predicted octanol–water partition coefficient (Wildman–Crippen LogP) is 5.91. The summed E-state index contributed by atoms with van der Waals surface area (Å²) in [6, 6.07) is 10.5. The van der Waals surface area contributed by atoms with Gasteiger partial charge in [-0.2, -0.15) is 0 Å². The molecule has 3 aliphatic rings. The van der Waals surface area contributed by atoms with Crippen LogP contribution in [-0.4, -0.2) is 126 Å². The van der Waals surface area contributed by atoms with E-state index in [2.05, 4.69) is 49.1 Å². The van der Waals surface area contributed by atoms with Gasteiger partial charge in [-0.15, -0.1) is 0 Å². The first-order valence-corrected chi connectivity index (χ1v) is 28.0. The highest BCUT2D eigenvalue weighted by Crippen LogP contribution is 2.32. The van der Waals surface area contributed by atoms with Crippen LogP contribution in [0.2, 0.25) is 0 Å². The Morgan fingerprint density at radius 1 is 0.667 bits per heavy atom. The van der Waals surface area contributed by atoms with E-state index in [1.165, 1.54) is 40.1 Å². The minimum Gasteiger partial charge on any atom is -0.351 e. The van der Waals surface area contributed by atoms with Crippen LogP contribution in [0.5, 0.6) is 0 Å². The highest BCUT2D eigenvalue weighted by atomic mass is 19.1. The van der Waals surface area contributed by atoms with E-state index in [4.69, 9.17) is 0 Å². The first kappa shape index (κ1) is 62.7. The van der Waals surface area contributed by atoms with Crippen LogP contribution in [0.25, 0.3) is 0 Å². The molecule has 436 valence electrons. The van der Waals surface area contributed by atoms with Gasteiger partial charge in [0.15, 0.2) is 0 Å². The number of nitrogens with one attached hydrogen (secondary N) is 8. The average molecular weight is 1120 g/mol. The third-order valence-electron chi connectivity index (χ3n) is 15.4. The lowest BCUT2D eigenvalue weighted by molar-refractivity contribution is -0.147. The fraction of sp³-hybridized carbons (Fsp3) is 0.484. The smallest absolute Gasteiger partial charge is 0.255 e. The number of rotatable bonds is 17. The molecule has 0 aromatic heterocycles. The second-order valence-corrected chi connectivity index (χ2v) is 23.8. The Kier molecular flexibility index (Phi) is 21.1. The van der Waals surface area contributed by atoms with Gasteiger partial charge in [0.2, 0.25) is 35.4 Å². The van der Waals surface area contributed by atoms with E-state index in [0.29, 0.717) is 24.1 Å². The van der Waals surface area contributed by atoms with Gasteiger partial charge in [-0.25, -0.2) is 4.39 Å². The summed E-state index contributed by atoms with van der Waals surface area (Å²) in [6.07, 6.45) is 10.8. The van der Waals surface area contributed by atoms with Gasteiger partial charge >= 0.3 is 0 Å². The van der Waals surface area contributed by atoms with Gasteiger partial charge in [-0.3, -0.25) is 38.4 Å². The molecule has 3 aromatic rings. The number of likely N-dealkylation sites (N-methyl/N-ethyl adjacent to an activating group) is 2. The fourth-order valence-electron chi connectivity index (χ4n) is 10.2. The maximum absolute atomic E-state index is 14.8. The molecule has 81 heavy (non-hydrogen) atoms. The molecule has 6 rings (SSSR count). The second-order valence-electron chi connectivity index (χ2n) is 23.8. The van der Waals surface area contributed by atoms with Gasteiger partial charge in [-0.05, 0) is 131 Å². The molecule has 0 bridgehead atoms. The SMILES string of the molecule is C=C1/C=C\C=C/C[C@H](NC(=O)[C@@H]2C[C@H](NC(=O)c3ccc(C(=O)Nc4ccc5c(c4)CN(C(=O)[C@@H](NC(=O)[C@H](C)NC)C(C)(C)C)[C@H](C(=O)N[C@H](C)c4ccccc4F)C5)cc3)CN2C(=O)[C@@H](NC(=O)[C@H](C)NC)C(C)(C)C)CCC1. The predicted molar refractivity (Wildman–Crippen MR) is 311 cm³/mol. The largest absolute Gasteiger partial charge is 0.351 e. The van der Waals surface area contributed by atoms with Crippen LogP contribution in [0.3, 0.4) is 0 Å². The number of nitrogens with zero attached hydrogens (tertiary/aromatic N) is 2. The summed E-state index contributed by atoms with van der Waals surface area (Å²) in [5.74, 6) is -4.04. The van der Waals surface area contributed by atoms with E-state index in [0.717, 1.165) is 24.0 Å². The Balaban J connectivity index is 1.18. The standard InChI is InChI=1S/C62H83FN10O8/c1-36-19-14-13-15-21-44(22-18-20-36)67-58(79)50-33-46(35-73(50)60(81)52(62(8,9)10)71-54(75)39(4)65-12)69-56(77)41-27-25-40(26-28-41)55(76)68-45-30-29-42-32-49(57(78)66-37(2)47-23-16-17-24-48(47)63)72(34-43(42)31-45)59(80)51(61(5,6)7)70-53(74)38(3)64-11/h13-17,19,23-31,37-39,44,46,49-52,64-65H,1,18,20-22,32-35H2,2-12H3,(H,66,78)(H,67,79)(H,68,76)(H,69,77)(H,70,74)(H,71,75)/b15-13-,19-14-/t37-,38+,39+,44+,46+,49+,50+,51-,52-/m1/s1. The molecule has 2 heterocycles. The number of allylic oxidation sites excluding steroid dienone is 4. The Hall–Kier alpha value is -7.51. The molecule has 3 aromatic carbocycles. The number of carbonyl (C=O) groups excluding carboxylic acids is 8. The van der Waals surface area contributed by atoms with Crippen LogP contribution in [0.4, 0.5) is 10.1 Å². The molecular weight excluding hydrogens is 1030 g/mol. The van der Waals surface area contributed by atoms with Gasteiger partial charge in [0.1, 0.15) is 30.0 Å². The third-order valence-corrected chi connectivity index (χ3v) is 15.4. The molecule has 1 saturated heterocycles. The van der Waals surface area contributed by atoms with E-state index in [1.54, 1.807) is 71.3 Å². The van der Waals surface area contributed by atoms with Crippen molar-refractivity contribution in [3.05, 3.63) is 137 Å². The monoisotopic (exact) mass is 1110 g/mol. The van der Waals surface area contributed by atoms with E-state index in [1.807, 2.05) is 65.8 Å². The van der Waals surface area contributed by atoms with Crippen molar-refractivity contribution in [1.82, 2.24) is 47.0 Å². The molecular formula is C62H83FN10O8. The summed E-state index contributed by atoms with van der Waals surface area (Å²) in [5, 5.41) is 23.6. The van der Waals surface area contributed by atoms with Gasteiger partial charge in [0.05, 0.1) is 18.1 Å². The zero-order valence-electron chi connectivity index (χ0n) is 48.8. The van der Waals surface area contributed by atoms with E-state index < -0.39 is 100 Å². The van der Waals surface area contributed by atoms with Crippen LogP contribution < -0.4 is 42.5 Å². The molecule has 19 heteroatoms. The first-order chi connectivity index (χ1) is 38.2. The van der Waals surface area contributed by atoms with E-state index >= 15 is 0 Å². The molecule has 2 aliphatic heterocycles. The molecule has 1 aliphatic carbocycles. The van der Waals surface area contributed by atoms with Gasteiger partial charge in [-0.1, -0.05) is 102 Å². The Morgan fingerprint density at radius 2 is 1.26 bits per heavy atom. The Morgan fingerprint density at radius 3 is 1.85 bits per heavy atom. The lowest BCUT2D eigenvalue weighted by atomic mass is 9.84. The normalized spacial score (nSPS) is 21.1. The van der Waals surface area contributed by atoms with E-state index in [9.17, 15) is 42.7 Å². The van der Waals surface area contributed by atoms with E-state index in [-0.39, 0.29) is 60.5 Å². The highest BCUT2D eigenvalue weighted by Gasteiger charge is 2.47. The van der Waals surface area contributed by atoms with Crippen molar-refractivity contribution >= 4 is 52.9 Å². The van der Waals surface area contributed by atoms with Crippen molar-refractivity contribution in [1.29, 1.82) is 0 Å². The first-order valence-electron chi connectivity index (χ1n) is 28.0. The zero-order chi connectivity index (χ0) is 59.5. The van der Waals surface area contributed by atoms with Crippen molar-refractivity contribution < 1.29 is 42.7 Å². The summed E-state index contributed by atoms with van der Waals surface area (Å²) in [5.41, 5.74) is 2.00. The van der Waals surface area contributed by atoms with Gasteiger partial charge in [0, 0.05) is 54.0 Å². The molecule has 0 radical (unpaired) electrons. The quantitative estimate of drug-likeness (QED) is 0.0795. The zero-order valence-corrected chi connectivity index (χ0v) is 48.8. The van der Waals surface area contributed by atoms with Crippen molar-refractivity contribution in [3.8, 4) is 0 Å². The van der Waals surface area contributed by atoms with Crippen LogP contribution >= 0.6 is 0 Å². The number of benzene rings is 3. The summed E-state index contributed by atoms with van der Waals surface area (Å²) < 4.78 is 14.8. The molecule has 18 nitrogen and oxygen atoms in total.